The standard InChI is InChI=1S/C8H10O2/c1-4-6-7(5-2)8(9)10-3/h4-6H,1-2H2,3H3/b7-6+. The van der Waals surface area contributed by atoms with Crippen LogP contribution < -0.4 is 0 Å². The molecule has 0 bridgehead atoms. The van der Waals surface area contributed by atoms with E-state index in [1.54, 1.807) is 6.08 Å². The fraction of sp³-hybridized carbons (Fsp3) is 0.125. The molecule has 0 aliphatic heterocycles. The van der Waals surface area contributed by atoms with E-state index in [1.165, 1.54) is 19.3 Å². The van der Waals surface area contributed by atoms with Gasteiger partial charge in [-0.3, -0.25) is 0 Å². The molecule has 10 heavy (non-hydrogen) atoms. The SMILES string of the molecule is C=C/C=C(\C=C)C(=O)OC. The summed E-state index contributed by atoms with van der Waals surface area (Å²) in [4.78, 5) is 10.7. The van der Waals surface area contributed by atoms with E-state index in [2.05, 4.69) is 17.9 Å². The molecule has 0 saturated heterocycles. The molecule has 0 N–H and O–H groups in total. The Morgan fingerprint density at radius 3 is 2.40 bits per heavy atom. The molecule has 0 aromatic heterocycles. The highest BCUT2D eigenvalue weighted by molar-refractivity contribution is 5.91. The number of methoxy groups -OCH3 is 1. The van der Waals surface area contributed by atoms with Crippen molar-refractivity contribution >= 4 is 5.97 Å². The lowest BCUT2D eigenvalue weighted by molar-refractivity contribution is -0.135. The number of ether oxygens (including phenoxy) is 1. The Labute approximate surface area is 60.5 Å². The second-order valence-corrected chi connectivity index (χ2v) is 1.55. The first-order valence-corrected chi connectivity index (χ1v) is 2.79. The number of carbonyl (C=O) groups excluding carboxylic acids is 1. The van der Waals surface area contributed by atoms with Crippen molar-refractivity contribution in [2.45, 2.75) is 0 Å². The van der Waals surface area contributed by atoms with E-state index in [0.717, 1.165) is 0 Å². The first-order valence-electron chi connectivity index (χ1n) is 2.79. The zero-order valence-electron chi connectivity index (χ0n) is 5.96. The quantitative estimate of drug-likeness (QED) is 0.335. The molecule has 2 nitrogen and oxygen atoms in total. The molecule has 0 unspecified atom stereocenters. The Morgan fingerprint density at radius 1 is 1.50 bits per heavy atom. The lowest BCUT2D eigenvalue weighted by atomic mass is 10.2. The van der Waals surface area contributed by atoms with E-state index in [-0.39, 0.29) is 0 Å². The maximum atomic E-state index is 10.7. The van der Waals surface area contributed by atoms with Gasteiger partial charge in [0.05, 0.1) is 12.7 Å². The lowest BCUT2D eigenvalue weighted by Crippen LogP contribution is -2.01. The maximum absolute atomic E-state index is 10.7. The second-order valence-electron chi connectivity index (χ2n) is 1.55. The van der Waals surface area contributed by atoms with Crippen LogP contribution in [0.2, 0.25) is 0 Å². The zero-order valence-corrected chi connectivity index (χ0v) is 5.96. The van der Waals surface area contributed by atoms with Gasteiger partial charge in [-0.2, -0.15) is 0 Å². The lowest BCUT2D eigenvalue weighted by Gasteiger charge is -1.95. The molecular weight excluding hydrogens is 128 g/mol. The molecule has 0 aliphatic carbocycles. The Hall–Kier alpha value is -1.31. The topological polar surface area (TPSA) is 26.3 Å². The Bertz CT molecular complexity index is 178. The van der Waals surface area contributed by atoms with Gasteiger partial charge in [-0.15, -0.1) is 0 Å². The number of carbonyl (C=O) groups is 1. The summed E-state index contributed by atoms with van der Waals surface area (Å²) in [5.74, 6) is -0.394. The normalized spacial score (nSPS) is 10.3. The number of allylic oxidation sites excluding steroid dienone is 2. The van der Waals surface area contributed by atoms with Gasteiger partial charge in [0.15, 0.2) is 0 Å². The third kappa shape index (κ3) is 2.31. The summed E-state index contributed by atoms with van der Waals surface area (Å²) in [6, 6.07) is 0. The van der Waals surface area contributed by atoms with Gasteiger partial charge in [0, 0.05) is 0 Å². The van der Waals surface area contributed by atoms with E-state index >= 15 is 0 Å². The minimum absolute atomic E-state index is 0.394. The number of hydrogen-bond acceptors (Lipinski definition) is 2. The number of hydrogen-bond donors (Lipinski definition) is 0. The molecule has 0 atom stereocenters. The van der Waals surface area contributed by atoms with Crippen molar-refractivity contribution in [3.63, 3.8) is 0 Å². The fourth-order valence-electron chi connectivity index (χ4n) is 0.464. The predicted octanol–water partition coefficient (Wildman–Crippen LogP) is 1.46. The summed E-state index contributed by atoms with van der Waals surface area (Å²) in [6.45, 7) is 6.86. The minimum atomic E-state index is -0.394. The zero-order chi connectivity index (χ0) is 7.98. The number of esters is 1. The Kier molecular flexibility index (Phi) is 3.96. The molecule has 0 heterocycles. The van der Waals surface area contributed by atoms with E-state index < -0.39 is 5.97 Å². The fourth-order valence-corrected chi connectivity index (χ4v) is 0.464. The van der Waals surface area contributed by atoms with Crippen LogP contribution in [0.15, 0.2) is 37.0 Å². The summed E-state index contributed by atoms with van der Waals surface area (Å²) in [6.07, 6.45) is 4.47. The second kappa shape index (κ2) is 4.56. The maximum Gasteiger partial charge on any atom is 0.337 e. The summed E-state index contributed by atoms with van der Waals surface area (Å²) in [5, 5.41) is 0. The highest BCUT2D eigenvalue weighted by Crippen LogP contribution is 1.97. The van der Waals surface area contributed by atoms with E-state index in [4.69, 9.17) is 0 Å². The van der Waals surface area contributed by atoms with Crippen molar-refractivity contribution in [3.8, 4) is 0 Å². The molecule has 0 aromatic carbocycles. The first-order chi connectivity index (χ1) is 4.76. The molecule has 54 valence electrons. The van der Waals surface area contributed by atoms with Gasteiger partial charge < -0.3 is 4.74 Å². The van der Waals surface area contributed by atoms with E-state index in [9.17, 15) is 4.79 Å². The molecule has 0 amide bonds. The molecule has 0 spiro atoms. The Balaban J connectivity index is 4.34. The highest BCUT2D eigenvalue weighted by Gasteiger charge is 2.01. The van der Waals surface area contributed by atoms with Gasteiger partial charge >= 0.3 is 5.97 Å². The van der Waals surface area contributed by atoms with Crippen LogP contribution in [-0.2, 0) is 9.53 Å². The monoisotopic (exact) mass is 138 g/mol. The summed E-state index contributed by atoms with van der Waals surface area (Å²) < 4.78 is 4.43. The van der Waals surface area contributed by atoms with Crippen LogP contribution in [0, 0.1) is 0 Å². The molecule has 0 saturated carbocycles. The molecule has 0 aromatic rings. The third-order valence-corrected chi connectivity index (χ3v) is 0.938. The van der Waals surface area contributed by atoms with Gasteiger partial charge in [-0.25, -0.2) is 4.79 Å². The molecular formula is C8H10O2. The van der Waals surface area contributed by atoms with Gasteiger partial charge in [0.25, 0.3) is 0 Å². The van der Waals surface area contributed by atoms with Crippen molar-refractivity contribution in [3.05, 3.63) is 37.0 Å². The average molecular weight is 138 g/mol. The Morgan fingerprint density at radius 2 is 2.10 bits per heavy atom. The van der Waals surface area contributed by atoms with E-state index in [1.807, 2.05) is 0 Å². The van der Waals surface area contributed by atoms with E-state index in [0.29, 0.717) is 5.57 Å². The van der Waals surface area contributed by atoms with Crippen LogP contribution in [0.5, 0.6) is 0 Å². The predicted molar refractivity (Wildman–Crippen MR) is 40.5 cm³/mol. The largest absolute Gasteiger partial charge is 0.465 e. The molecule has 0 fully saturated rings. The number of rotatable bonds is 3. The van der Waals surface area contributed by atoms with Crippen LogP contribution >= 0.6 is 0 Å². The molecule has 2 heteroatoms. The molecule has 0 radical (unpaired) electrons. The van der Waals surface area contributed by atoms with Crippen LogP contribution in [0.3, 0.4) is 0 Å². The van der Waals surface area contributed by atoms with Crippen molar-refractivity contribution in [2.24, 2.45) is 0 Å². The van der Waals surface area contributed by atoms with Gasteiger partial charge in [-0.05, 0) is 6.08 Å². The van der Waals surface area contributed by atoms with Crippen LogP contribution in [0.1, 0.15) is 0 Å². The first kappa shape index (κ1) is 8.69. The van der Waals surface area contributed by atoms with Crippen LogP contribution in [-0.4, -0.2) is 13.1 Å². The van der Waals surface area contributed by atoms with Crippen molar-refractivity contribution in [1.29, 1.82) is 0 Å². The van der Waals surface area contributed by atoms with Crippen LogP contribution in [0.4, 0.5) is 0 Å². The summed E-state index contributed by atoms with van der Waals surface area (Å²) >= 11 is 0. The average Bonchev–Trinajstić information content (AvgIpc) is 1.99. The van der Waals surface area contributed by atoms with Crippen molar-refractivity contribution in [1.82, 2.24) is 0 Å². The summed E-state index contributed by atoms with van der Waals surface area (Å²) in [5.41, 5.74) is 0.414. The molecule has 0 aliphatic rings. The highest BCUT2D eigenvalue weighted by atomic mass is 16.5. The molecule has 0 rings (SSSR count). The minimum Gasteiger partial charge on any atom is -0.465 e. The smallest absolute Gasteiger partial charge is 0.337 e. The third-order valence-electron chi connectivity index (χ3n) is 0.938. The van der Waals surface area contributed by atoms with Crippen molar-refractivity contribution < 1.29 is 9.53 Å². The summed E-state index contributed by atoms with van der Waals surface area (Å²) in [7, 11) is 1.32. The van der Waals surface area contributed by atoms with Gasteiger partial charge in [0.2, 0.25) is 0 Å². The van der Waals surface area contributed by atoms with Gasteiger partial charge in [0.1, 0.15) is 0 Å². The van der Waals surface area contributed by atoms with Gasteiger partial charge in [-0.1, -0.05) is 25.3 Å². The van der Waals surface area contributed by atoms with Crippen LogP contribution in [0.25, 0.3) is 0 Å². The van der Waals surface area contributed by atoms with Crippen molar-refractivity contribution in [2.75, 3.05) is 7.11 Å².